The Kier molecular flexibility index (Phi) is 8.70. The molecule has 0 radical (unpaired) electrons. The van der Waals surface area contributed by atoms with Crippen LogP contribution in [0, 0.1) is 12.8 Å². The van der Waals surface area contributed by atoms with E-state index in [0.717, 1.165) is 92.0 Å². The van der Waals surface area contributed by atoms with Gasteiger partial charge in [0, 0.05) is 41.5 Å². The second kappa shape index (κ2) is 11.6. The van der Waals surface area contributed by atoms with E-state index in [4.69, 9.17) is 4.74 Å². The molecule has 2 aliphatic rings. The summed E-state index contributed by atoms with van der Waals surface area (Å²) in [5.74, 6) is 0.760. The third-order valence-electron chi connectivity index (χ3n) is 6.89. The maximum absolute atomic E-state index is 12.8. The summed E-state index contributed by atoms with van der Waals surface area (Å²) in [7, 11) is 0. The highest BCUT2D eigenvalue weighted by Crippen LogP contribution is 2.32. The number of rotatable bonds is 8. The van der Waals surface area contributed by atoms with Crippen molar-refractivity contribution in [3.05, 3.63) is 26.7 Å². The molecule has 1 amide bonds. The summed E-state index contributed by atoms with van der Waals surface area (Å²) in [6.07, 6.45) is 2.96. The lowest BCUT2D eigenvalue weighted by atomic mass is 9.84. The molecule has 2 aromatic rings. The van der Waals surface area contributed by atoms with E-state index in [1.54, 1.807) is 17.5 Å². The van der Waals surface area contributed by atoms with Crippen molar-refractivity contribution >= 4 is 28.6 Å². The monoisotopic (exact) mass is 530 g/mol. The van der Waals surface area contributed by atoms with Crippen molar-refractivity contribution in [1.29, 1.82) is 0 Å². The Morgan fingerprint density at radius 1 is 1.23 bits per heavy atom. The smallest absolute Gasteiger partial charge is 0.425 e. The van der Waals surface area contributed by atoms with Gasteiger partial charge in [-0.3, -0.25) is 4.79 Å². The number of nitrogens with one attached hydrogen (secondary N) is 1. The molecule has 0 bridgehead atoms. The maximum Gasteiger partial charge on any atom is 0.425 e. The molecule has 1 fully saturated rings. The largest absolute Gasteiger partial charge is 0.457 e. The number of aromatic nitrogens is 2. The summed E-state index contributed by atoms with van der Waals surface area (Å²) in [4.78, 5) is 25.4. The highest BCUT2D eigenvalue weighted by molar-refractivity contribution is 7.13. The molecule has 0 aromatic carbocycles. The van der Waals surface area contributed by atoms with Crippen LogP contribution in [0.25, 0.3) is 0 Å². The van der Waals surface area contributed by atoms with Crippen LogP contribution in [0.3, 0.4) is 0 Å². The van der Waals surface area contributed by atoms with E-state index in [1.807, 2.05) is 6.92 Å². The van der Waals surface area contributed by atoms with E-state index < -0.39 is 12.3 Å². The number of aryl methyl sites for hydroxylation is 1. The van der Waals surface area contributed by atoms with Crippen LogP contribution in [-0.4, -0.2) is 58.7 Å². The van der Waals surface area contributed by atoms with E-state index >= 15 is 0 Å². The van der Waals surface area contributed by atoms with Gasteiger partial charge in [-0.15, -0.1) is 11.3 Å². The summed E-state index contributed by atoms with van der Waals surface area (Å²) in [6.45, 7) is 5.75. The Labute approximate surface area is 212 Å². The van der Waals surface area contributed by atoms with Crippen LogP contribution in [0.5, 0.6) is 5.19 Å². The van der Waals surface area contributed by atoms with Crippen molar-refractivity contribution in [2.24, 2.45) is 5.92 Å². The number of alkyl halides is 3. The zero-order valence-electron chi connectivity index (χ0n) is 20.2. The number of hydrogen-bond acceptors (Lipinski definition) is 7. The van der Waals surface area contributed by atoms with Crippen LogP contribution in [0.15, 0.2) is 6.20 Å². The van der Waals surface area contributed by atoms with Crippen LogP contribution in [0.4, 0.5) is 13.2 Å². The number of halogens is 3. The molecule has 1 atom stereocenters. The van der Waals surface area contributed by atoms with Gasteiger partial charge in [-0.05, 0) is 64.8 Å². The zero-order chi connectivity index (χ0) is 25.0. The lowest BCUT2D eigenvalue weighted by Crippen LogP contribution is -2.38. The first-order chi connectivity index (χ1) is 16.7. The fourth-order valence-corrected chi connectivity index (χ4v) is 6.57. The maximum atomic E-state index is 12.8. The fraction of sp³-hybridized carbons (Fsp3) is 0.708. The Balaban J connectivity index is 1.14. The van der Waals surface area contributed by atoms with Gasteiger partial charge in [0.2, 0.25) is 5.91 Å². The predicted octanol–water partition coefficient (Wildman–Crippen LogP) is 4.95. The predicted molar refractivity (Wildman–Crippen MR) is 131 cm³/mol. The van der Waals surface area contributed by atoms with Crippen molar-refractivity contribution in [2.75, 3.05) is 19.6 Å². The van der Waals surface area contributed by atoms with Crippen molar-refractivity contribution in [2.45, 2.75) is 83.5 Å². The van der Waals surface area contributed by atoms with Crippen LogP contribution in [0.2, 0.25) is 0 Å². The summed E-state index contributed by atoms with van der Waals surface area (Å²) in [6, 6.07) is 0.268. The molecule has 0 spiro atoms. The Morgan fingerprint density at radius 2 is 1.97 bits per heavy atom. The van der Waals surface area contributed by atoms with E-state index in [1.165, 1.54) is 11.3 Å². The molecule has 2 aromatic heterocycles. The number of amides is 1. The molecular formula is C24H33F3N4O2S2. The highest BCUT2D eigenvalue weighted by Gasteiger charge is 2.39. The Hall–Kier alpha value is -1.72. The second-order valence-corrected chi connectivity index (χ2v) is 12.0. The minimum absolute atomic E-state index is 0.0872. The number of hydrogen-bond donors (Lipinski definition) is 1. The molecule has 1 aliphatic heterocycles. The van der Waals surface area contributed by atoms with Crippen LogP contribution < -0.4 is 10.1 Å². The first-order valence-corrected chi connectivity index (χ1v) is 13.9. The van der Waals surface area contributed by atoms with Gasteiger partial charge in [0.05, 0.1) is 17.1 Å². The number of fused-ring (bicyclic) bond motifs is 1. The van der Waals surface area contributed by atoms with E-state index in [2.05, 4.69) is 20.2 Å². The molecule has 11 heteroatoms. The Morgan fingerprint density at radius 3 is 2.66 bits per heavy atom. The molecule has 1 unspecified atom stereocenters. The average molecular weight is 531 g/mol. The van der Waals surface area contributed by atoms with Gasteiger partial charge >= 0.3 is 6.18 Å². The third kappa shape index (κ3) is 7.63. The molecule has 0 saturated heterocycles. The van der Waals surface area contributed by atoms with Crippen molar-refractivity contribution in [3.63, 3.8) is 0 Å². The standard InChI is InChI=1S/C24H33F3N4O2S2/c1-15(24(25,26)27)33-23-30-20-8-11-31(12-9-21(20)35-23)10-7-17-3-5-18(6-4-17)29-22(32)13-19-14-28-16(2)34-19/h14-15,17-18H,3-13H2,1-2H3,(H,29,32). The molecule has 35 heavy (non-hydrogen) atoms. The average Bonchev–Trinajstić information content (AvgIpc) is 3.33. The summed E-state index contributed by atoms with van der Waals surface area (Å²) in [5, 5.41) is 4.30. The molecule has 1 aliphatic carbocycles. The first-order valence-electron chi connectivity index (χ1n) is 12.3. The lowest BCUT2D eigenvalue weighted by molar-refractivity contribution is -0.189. The normalized spacial score (nSPS) is 22.3. The SMILES string of the molecule is Cc1ncc(CC(=O)NC2CCC(CCN3CCc4nc(OC(C)C(F)(F)F)sc4CC3)CC2)s1. The number of thiazole rings is 2. The minimum atomic E-state index is -4.38. The molecule has 3 heterocycles. The van der Waals surface area contributed by atoms with E-state index in [0.29, 0.717) is 12.3 Å². The van der Waals surface area contributed by atoms with Crippen LogP contribution >= 0.6 is 22.7 Å². The van der Waals surface area contributed by atoms with Gasteiger partial charge in [0.25, 0.3) is 5.19 Å². The number of nitrogens with zero attached hydrogens (tertiary/aromatic N) is 3. The van der Waals surface area contributed by atoms with Gasteiger partial charge in [-0.1, -0.05) is 11.3 Å². The summed E-state index contributed by atoms with van der Waals surface area (Å²) in [5.41, 5.74) is 0.881. The fourth-order valence-electron chi connectivity index (χ4n) is 4.76. The number of carbonyl (C=O) groups excluding carboxylic acids is 1. The van der Waals surface area contributed by atoms with Crippen molar-refractivity contribution in [3.8, 4) is 5.19 Å². The first kappa shape index (κ1) is 26.3. The van der Waals surface area contributed by atoms with Crippen molar-refractivity contribution in [1.82, 2.24) is 20.2 Å². The summed E-state index contributed by atoms with van der Waals surface area (Å²) < 4.78 is 43.3. The molecular weight excluding hydrogens is 497 g/mol. The van der Waals surface area contributed by atoms with E-state index in [-0.39, 0.29) is 17.1 Å². The van der Waals surface area contributed by atoms with Gasteiger partial charge < -0.3 is 15.0 Å². The molecule has 194 valence electrons. The molecule has 1 saturated carbocycles. The number of carbonyl (C=O) groups is 1. The highest BCUT2D eigenvalue weighted by atomic mass is 32.1. The lowest BCUT2D eigenvalue weighted by Gasteiger charge is -2.30. The zero-order valence-corrected chi connectivity index (χ0v) is 21.8. The third-order valence-corrected chi connectivity index (χ3v) is 8.85. The second-order valence-electron chi connectivity index (χ2n) is 9.59. The van der Waals surface area contributed by atoms with Gasteiger partial charge in [0.1, 0.15) is 0 Å². The Bertz CT molecular complexity index is 960. The number of ether oxygens (including phenoxy) is 1. The quantitative estimate of drug-likeness (QED) is 0.523. The van der Waals surface area contributed by atoms with Crippen LogP contribution in [0.1, 0.15) is 59.5 Å². The van der Waals surface area contributed by atoms with Gasteiger partial charge in [-0.2, -0.15) is 13.2 Å². The molecule has 1 N–H and O–H groups in total. The minimum Gasteiger partial charge on any atom is -0.457 e. The summed E-state index contributed by atoms with van der Waals surface area (Å²) >= 11 is 2.82. The topological polar surface area (TPSA) is 67.4 Å². The van der Waals surface area contributed by atoms with Gasteiger partial charge in [0.15, 0.2) is 6.10 Å². The van der Waals surface area contributed by atoms with Gasteiger partial charge in [-0.25, -0.2) is 9.97 Å². The molecule has 6 nitrogen and oxygen atoms in total. The van der Waals surface area contributed by atoms with Crippen molar-refractivity contribution < 1.29 is 22.7 Å². The van der Waals surface area contributed by atoms with E-state index in [9.17, 15) is 18.0 Å². The molecule has 4 rings (SSSR count). The van der Waals surface area contributed by atoms with Crippen LogP contribution in [-0.2, 0) is 24.1 Å².